The van der Waals surface area contributed by atoms with Crippen LogP contribution in [0.2, 0.25) is 0 Å². The molecular formula is C20H24N2O5. The van der Waals surface area contributed by atoms with Crippen LogP contribution < -0.4 is 14.8 Å². The van der Waals surface area contributed by atoms with E-state index in [1.54, 1.807) is 13.0 Å². The normalized spacial score (nSPS) is 11.8. The molecule has 2 rings (SSSR count). The van der Waals surface area contributed by atoms with Crippen LogP contribution in [0.4, 0.5) is 11.4 Å². The molecule has 7 heteroatoms. The van der Waals surface area contributed by atoms with Gasteiger partial charge >= 0.3 is 5.69 Å². The van der Waals surface area contributed by atoms with Crippen molar-refractivity contribution in [3.63, 3.8) is 0 Å². The van der Waals surface area contributed by atoms with Crippen LogP contribution >= 0.6 is 0 Å². The molecule has 144 valence electrons. The molecule has 1 amide bonds. The molecule has 0 bridgehead atoms. The van der Waals surface area contributed by atoms with Crippen LogP contribution in [0.5, 0.6) is 11.5 Å². The maximum atomic E-state index is 12.6. The smallest absolute Gasteiger partial charge is 0.314 e. The van der Waals surface area contributed by atoms with Gasteiger partial charge in [0.25, 0.3) is 5.91 Å². The number of aryl methyl sites for hydroxylation is 1. The SMILES string of the molecule is COc1ccc(O[C@H](C)C(=O)Nc2c(C)cccc2C(C)C)c([N+](=O)[O-])c1. The monoisotopic (exact) mass is 372 g/mol. The molecule has 0 saturated heterocycles. The van der Waals surface area contributed by atoms with Gasteiger partial charge in [-0.1, -0.05) is 32.0 Å². The first-order valence-electron chi connectivity index (χ1n) is 8.64. The number of benzene rings is 2. The molecule has 7 nitrogen and oxygen atoms in total. The van der Waals surface area contributed by atoms with Gasteiger partial charge in [-0.05, 0) is 43.0 Å². The minimum Gasteiger partial charge on any atom is -0.496 e. The van der Waals surface area contributed by atoms with Gasteiger partial charge in [0.15, 0.2) is 11.9 Å². The first kappa shape index (κ1) is 20.2. The Morgan fingerprint density at radius 2 is 1.89 bits per heavy atom. The van der Waals surface area contributed by atoms with Gasteiger partial charge in [0.2, 0.25) is 0 Å². The summed E-state index contributed by atoms with van der Waals surface area (Å²) in [5, 5.41) is 14.2. The maximum absolute atomic E-state index is 12.6. The number of nitro groups is 1. The Kier molecular flexibility index (Phi) is 6.39. The highest BCUT2D eigenvalue weighted by molar-refractivity contribution is 5.95. The molecule has 1 N–H and O–H groups in total. The first-order chi connectivity index (χ1) is 12.7. The summed E-state index contributed by atoms with van der Waals surface area (Å²) in [6.45, 7) is 7.56. The van der Waals surface area contributed by atoms with Gasteiger partial charge in [-0.2, -0.15) is 0 Å². The number of amides is 1. The molecule has 0 aliphatic carbocycles. The Labute approximate surface area is 158 Å². The zero-order valence-electron chi connectivity index (χ0n) is 16.1. The third-order valence-electron chi connectivity index (χ3n) is 4.21. The van der Waals surface area contributed by atoms with Crippen molar-refractivity contribution in [2.24, 2.45) is 0 Å². The van der Waals surface area contributed by atoms with Crippen LogP contribution in [0.25, 0.3) is 0 Å². The van der Waals surface area contributed by atoms with E-state index in [0.29, 0.717) is 5.75 Å². The second-order valence-corrected chi connectivity index (χ2v) is 6.53. The van der Waals surface area contributed by atoms with E-state index < -0.39 is 11.0 Å². The summed E-state index contributed by atoms with van der Waals surface area (Å²) in [5.74, 6) is 0.209. The van der Waals surface area contributed by atoms with E-state index in [0.717, 1.165) is 16.8 Å². The zero-order valence-corrected chi connectivity index (χ0v) is 16.1. The summed E-state index contributed by atoms with van der Waals surface area (Å²) < 4.78 is 10.6. The highest BCUT2D eigenvalue weighted by Crippen LogP contribution is 2.32. The van der Waals surface area contributed by atoms with E-state index in [9.17, 15) is 14.9 Å². The number of para-hydroxylation sites is 1. The summed E-state index contributed by atoms with van der Waals surface area (Å²) >= 11 is 0. The topological polar surface area (TPSA) is 90.7 Å². The van der Waals surface area contributed by atoms with E-state index >= 15 is 0 Å². The Hall–Kier alpha value is -3.09. The fourth-order valence-electron chi connectivity index (χ4n) is 2.68. The highest BCUT2D eigenvalue weighted by Gasteiger charge is 2.23. The van der Waals surface area contributed by atoms with Gasteiger partial charge in [0.1, 0.15) is 5.75 Å². The van der Waals surface area contributed by atoms with Crippen LogP contribution in [-0.2, 0) is 4.79 Å². The van der Waals surface area contributed by atoms with Crippen molar-refractivity contribution in [3.8, 4) is 11.5 Å². The molecule has 0 spiro atoms. The standard InChI is InChI=1S/C20H24N2O5/c1-12(2)16-8-6-7-13(3)19(16)21-20(23)14(4)27-18-10-9-15(26-5)11-17(18)22(24)25/h6-12,14H,1-5H3,(H,21,23)/t14-/m1/s1. The van der Waals surface area contributed by atoms with E-state index in [-0.39, 0.29) is 23.3 Å². The zero-order chi connectivity index (χ0) is 20.1. The molecular weight excluding hydrogens is 348 g/mol. The van der Waals surface area contributed by atoms with Crippen molar-refractivity contribution in [3.05, 3.63) is 57.6 Å². The third kappa shape index (κ3) is 4.75. The summed E-state index contributed by atoms with van der Waals surface area (Å²) in [7, 11) is 1.42. The molecule has 0 saturated carbocycles. The van der Waals surface area contributed by atoms with Crippen LogP contribution in [0, 0.1) is 17.0 Å². The summed E-state index contributed by atoms with van der Waals surface area (Å²) in [4.78, 5) is 23.3. The number of hydrogen-bond acceptors (Lipinski definition) is 5. The lowest BCUT2D eigenvalue weighted by atomic mass is 9.98. The number of methoxy groups -OCH3 is 1. The minimum absolute atomic E-state index is 0.0114. The number of nitrogens with zero attached hydrogens (tertiary/aromatic N) is 1. The Balaban J connectivity index is 2.22. The first-order valence-corrected chi connectivity index (χ1v) is 8.64. The lowest BCUT2D eigenvalue weighted by Crippen LogP contribution is -2.31. The average molecular weight is 372 g/mol. The molecule has 0 aliphatic rings. The number of anilines is 1. The van der Waals surface area contributed by atoms with E-state index in [2.05, 4.69) is 5.32 Å². The summed E-state index contributed by atoms with van der Waals surface area (Å²) in [5.41, 5.74) is 2.45. The van der Waals surface area contributed by atoms with Crippen molar-refractivity contribution >= 4 is 17.3 Å². The molecule has 27 heavy (non-hydrogen) atoms. The fraction of sp³-hybridized carbons (Fsp3) is 0.350. The molecule has 0 aromatic heterocycles. The number of nitrogens with one attached hydrogen (secondary N) is 1. The number of carbonyl (C=O) groups is 1. The molecule has 0 heterocycles. The summed E-state index contributed by atoms with van der Waals surface area (Å²) in [6.07, 6.45) is -0.920. The molecule has 0 fully saturated rings. The van der Waals surface area contributed by atoms with Crippen LogP contribution in [0.15, 0.2) is 36.4 Å². The van der Waals surface area contributed by atoms with Crippen LogP contribution in [-0.4, -0.2) is 24.0 Å². The van der Waals surface area contributed by atoms with Crippen molar-refractivity contribution in [2.75, 3.05) is 12.4 Å². The van der Waals surface area contributed by atoms with Gasteiger partial charge in [-0.25, -0.2) is 0 Å². The van der Waals surface area contributed by atoms with Gasteiger partial charge in [0, 0.05) is 5.69 Å². The second-order valence-electron chi connectivity index (χ2n) is 6.53. The molecule has 2 aromatic rings. The van der Waals surface area contributed by atoms with Gasteiger partial charge in [-0.3, -0.25) is 14.9 Å². The largest absolute Gasteiger partial charge is 0.496 e. The lowest BCUT2D eigenvalue weighted by molar-refractivity contribution is -0.386. The molecule has 2 aromatic carbocycles. The second kappa shape index (κ2) is 8.53. The van der Waals surface area contributed by atoms with Crippen molar-refractivity contribution in [2.45, 2.75) is 39.7 Å². The van der Waals surface area contributed by atoms with E-state index in [1.165, 1.54) is 19.2 Å². The lowest BCUT2D eigenvalue weighted by Gasteiger charge is -2.19. The quantitative estimate of drug-likeness (QED) is 0.573. The van der Waals surface area contributed by atoms with E-state index in [4.69, 9.17) is 9.47 Å². The Bertz CT molecular complexity index is 848. The third-order valence-corrected chi connectivity index (χ3v) is 4.21. The van der Waals surface area contributed by atoms with E-state index in [1.807, 2.05) is 39.0 Å². The number of rotatable bonds is 7. The highest BCUT2D eigenvalue weighted by atomic mass is 16.6. The molecule has 0 radical (unpaired) electrons. The van der Waals surface area contributed by atoms with Crippen molar-refractivity contribution < 1.29 is 19.2 Å². The van der Waals surface area contributed by atoms with Crippen molar-refractivity contribution in [1.29, 1.82) is 0 Å². The number of carbonyl (C=O) groups excluding carboxylic acids is 1. The number of nitro benzene ring substituents is 1. The molecule has 0 unspecified atom stereocenters. The Morgan fingerprint density at radius 1 is 1.19 bits per heavy atom. The summed E-state index contributed by atoms with van der Waals surface area (Å²) in [6, 6.07) is 10.1. The average Bonchev–Trinajstić information content (AvgIpc) is 2.63. The minimum atomic E-state index is -0.920. The van der Waals surface area contributed by atoms with Gasteiger partial charge in [-0.15, -0.1) is 0 Å². The predicted molar refractivity (Wildman–Crippen MR) is 104 cm³/mol. The predicted octanol–water partition coefficient (Wildman–Crippen LogP) is 4.44. The van der Waals surface area contributed by atoms with Crippen molar-refractivity contribution in [1.82, 2.24) is 0 Å². The van der Waals surface area contributed by atoms with Gasteiger partial charge in [0.05, 0.1) is 18.1 Å². The fourth-order valence-corrected chi connectivity index (χ4v) is 2.68. The molecule has 0 aliphatic heterocycles. The van der Waals surface area contributed by atoms with Crippen LogP contribution in [0.1, 0.15) is 37.8 Å². The number of hydrogen-bond donors (Lipinski definition) is 1. The van der Waals surface area contributed by atoms with Gasteiger partial charge < -0.3 is 14.8 Å². The molecule has 1 atom stereocenters. The number of ether oxygens (including phenoxy) is 2. The maximum Gasteiger partial charge on any atom is 0.314 e. The Morgan fingerprint density at radius 3 is 2.48 bits per heavy atom. The van der Waals surface area contributed by atoms with Crippen LogP contribution in [0.3, 0.4) is 0 Å².